The molecule has 1 amide bonds. The minimum atomic E-state index is 0.0114. The fourth-order valence-corrected chi connectivity index (χ4v) is 3.90. The fourth-order valence-electron chi connectivity index (χ4n) is 3.02. The minimum absolute atomic E-state index is 0.0114. The van der Waals surface area contributed by atoms with Gasteiger partial charge >= 0.3 is 0 Å². The summed E-state index contributed by atoms with van der Waals surface area (Å²) in [5.74, 6) is 0.959. The zero-order valence-corrected chi connectivity index (χ0v) is 14.5. The third-order valence-corrected chi connectivity index (χ3v) is 5.69. The van der Waals surface area contributed by atoms with Gasteiger partial charge in [0.2, 0.25) is 5.91 Å². The van der Waals surface area contributed by atoms with Gasteiger partial charge in [-0.3, -0.25) is 14.2 Å². The molecule has 4 rings (SSSR count). The first-order chi connectivity index (χ1) is 11.6. The zero-order chi connectivity index (χ0) is 16.7. The van der Waals surface area contributed by atoms with Crippen LogP contribution in [-0.4, -0.2) is 27.3 Å². The lowest BCUT2D eigenvalue weighted by Gasteiger charge is -2.14. The molecule has 1 aromatic carbocycles. The van der Waals surface area contributed by atoms with Crippen LogP contribution < -0.4 is 10.9 Å². The maximum Gasteiger partial charge on any atom is 0.262 e. The summed E-state index contributed by atoms with van der Waals surface area (Å²) in [6, 6.07) is 7.91. The topological polar surface area (TPSA) is 64.0 Å². The van der Waals surface area contributed by atoms with Crippen molar-refractivity contribution in [2.45, 2.75) is 49.8 Å². The van der Waals surface area contributed by atoms with Gasteiger partial charge in [0, 0.05) is 12.1 Å². The van der Waals surface area contributed by atoms with Gasteiger partial charge in [-0.15, -0.1) is 0 Å². The van der Waals surface area contributed by atoms with E-state index in [-0.39, 0.29) is 23.6 Å². The number of nitrogens with zero attached hydrogens (tertiary/aromatic N) is 2. The third-order valence-electron chi connectivity index (χ3n) is 4.74. The van der Waals surface area contributed by atoms with E-state index in [9.17, 15) is 9.59 Å². The number of benzene rings is 1. The van der Waals surface area contributed by atoms with Crippen molar-refractivity contribution >= 4 is 28.6 Å². The Morgan fingerprint density at radius 3 is 2.79 bits per heavy atom. The molecule has 126 valence electrons. The Labute approximate surface area is 144 Å². The van der Waals surface area contributed by atoms with Crippen LogP contribution >= 0.6 is 11.8 Å². The van der Waals surface area contributed by atoms with Crippen molar-refractivity contribution in [2.24, 2.45) is 5.92 Å². The average Bonchev–Trinajstić information content (AvgIpc) is 3.46. The van der Waals surface area contributed by atoms with E-state index in [1.807, 2.05) is 24.3 Å². The number of para-hydroxylation sites is 1. The SMILES string of the molecule is C[C@@H](NC(=O)CSc1nc2ccccc2c(=O)n1C1CC1)C1CC1. The van der Waals surface area contributed by atoms with Gasteiger partial charge in [-0.1, -0.05) is 23.9 Å². The molecule has 0 saturated heterocycles. The van der Waals surface area contributed by atoms with Gasteiger partial charge in [0.25, 0.3) is 5.56 Å². The van der Waals surface area contributed by atoms with E-state index in [2.05, 4.69) is 17.2 Å². The highest BCUT2D eigenvalue weighted by Gasteiger charge is 2.30. The Bertz CT molecular complexity index is 840. The van der Waals surface area contributed by atoms with Gasteiger partial charge in [-0.2, -0.15) is 0 Å². The van der Waals surface area contributed by atoms with Gasteiger partial charge in [0.1, 0.15) is 0 Å². The lowest BCUT2D eigenvalue weighted by molar-refractivity contribution is -0.119. The molecule has 2 aliphatic carbocycles. The highest BCUT2D eigenvalue weighted by Crippen LogP contribution is 2.37. The number of hydrogen-bond donors (Lipinski definition) is 1. The number of carbonyl (C=O) groups is 1. The molecule has 5 nitrogen and oxygen atoms in total. The van der Waals surface area contributed by atoms with E-state index < -0.39 is 0 Å². The highest BCUT2D eigenvalue weighted by atomic mass is 32.2. The summed E-state index contributed by atoms with van der Waals surface area (Å²) < 4.78 is 1.78. The summed E-state index contributed by atoms with van der Waals surface area (Å²) in [6.07, 6.45) is 4.45. The molecule has 1 atom stereocenters. The van der Waals surface area contributed by atoms with Gasteiger partial charge in [0.05, 0.1) is 16.7 Å². The van der Waals surface area contributed by atoms with E-state index in [1.165, 1.54) is 24.6 Å². The number of thioether (sulfide) groups is 1. The standard InChI is InChI=1S/C18H21N3O2S/c1-11(12-6-7-12)19-16(22)10-24-18-20-15-5-3-2-4-14(15)17(23)21(18)13-8-9-13/h2-5,11-13H,6-10H2,1H3,(H,19,22)/t11-/m1/s1. The monoisotopic (exact) mass is 343 g/mol. The van der Waals surface area contributed by atoms with Crippen LogP contribution in [0.1, 0.15) is 38.6 Å². The molecule has 6 heteroatoms. The van der Waals surface area contributed by atoms with Crippen molar-refractivity contribution in [1.29, 1.82) is 0 Å². The summed E-state index contributed by atoms with van der Waals surface area (Å²) >= 11 is 1.37. The lowest BCUT2D eigenvalue weighted by Crippen LogP contribution is -2.35. The number of amides is 1. The third kappa shape index (κ3) is 3.20. The normalized spacial score (nSPS) is 18.5. The highest BCUT2D eigenvalue weighted by molar-refractivity contribution is 7.99. The van der Waals surface area contributed by atoms with Gasteiger partial charge in [-0.05, 0) is 50.7 Å². The van der Waals surface area contributed by atoms with Crippen molar-refractivity contribution in [1.82, 2.24) is 14.9 Å². The molecule has 24 heavy (non-hydrogen) atoms. The number of rotatable bonds is 6. The average molecular weight is 343 g/mol. The zero-order valence-electron chi connectivity index (χ0n) is 13.7. The molecule has 2 aromatic rings. The lowest BCUT2D eigenvalue weighted by atomic mass is 10.2. The molecule has 0 spiro atoms. The van der Waals surface area contributed by atoms with E-state index in [0.29, 0.717) is 27.7 Å². The molecule has 1 heterocycles. The molecule has 0 aliphatic heterocycles. The van der Waals surface area contributed by atoms with E-state index in [4.69, 9.17) is 0 Å². The second kappa shape index (κ2) is 6.24. The van der Waals surface area contributed by atoms with E-state index >= 15 is 0 Å². The summed E-state index contributed by atoms with van der Waals surface area (Å²) in [5.41, 5.74) is 0.714. The first-order valence-corrected chi connectivity index (χ1v) is 9.55. The molecule has 2 fully saturated rings. The molecule has 0 bridgehead atoms. The molecule has 0 unspecified atom stereocenters. The Hall–Kier alpha value is -1.82. The van der Waals surface area contributed by atoms with Gasteiger partial charge < -0.3 is 5.32 Å². The quantitative estimate of drug-likeness (QED) is 0.647. The molecule has 2 aliphatic rings. The second-order valence-corrected chi connectivity index (χ2v) is 7.74. The molecular weight excluding hydrogens is 322 g/mol. The van der Waals surface area contributed by atoms with Crippen LogP contribution in [-0.2, 0) is 4.79 Å². The number of carbonyl (C=O) groups excluding carboxylic acids is 1. The summed E-state index contributed by atoms with van der Waals surface area (Å²) in [6.45, 7) is 2.06. The van der Waals surface area contributed by atoms with E-state index in [1.54, 1.807) is 4.57 Å². The minimum Gasteiger partial charge on any atom is -0.353 e. The first-order valence-electron chi connectivity index (χ1n) is 8.57. The van der Waals surface area contributed by atoms with Gasteiger partial charge in [0.15, 0.2) is 5.16 Å². The van der Waals surface area contributed by atoms with Crippen molar-refractivity contribution < 1.29 is 4.79 Å². The predicted molar refractivity (Wildman–Crippen MR) is 95.3 cm³/mol. The Balaban J connectivity index is 1.55. The molecule has 1 N–H and O–H groups in total. The molecular formula is C18H21N3O2S. The smallest absolute Gasteiger partial charge is 0.262 e. The summed E-state index contributed by atoms with van der Waals surface area (Å²) in [4.78, 5) is 29.6. The predicted octanol–water partition coefficient (Wildman–Crippen LogP) is 2.74. The number of hydrogen-bond acceptors (Lipinski definition) is 4. The van der Waals surface area contributed by atoms with Crippen molar-refractivity contribution in [3.63, 3.8) is 0 Å². The fraction of sp³-hybridized carbons (Fsp3) is 0.500. The second-order valence-electron chi connectivity index (χ2n) is 6.80. The van der Waals surface area contributed by atoms with Crippen LogP contribution in [0.15, 0.2) is 34.2 Å². The Kier molecular flexibility index (Phi) is 4.08. The van der Waals surface area contributed by atoms with Crippen molar-refractivity contribution in [2.75, 3.05) is 5.75 Å². The number of aromatic nitrogens is 2. The largest absolute Gasteiger partial charge is 0.353 e. The van der Waals surface area contributed by atoms with Crippen molar-refractivity contribution in [3.05, 3.63) is 34.6 Å². The summed E-state index contributed by atoms with van der Waals surface area (Å²) in [5, 5.41) is 4.37. The van der Waals surface area contributed by atoms with Crippen molar-refractivity contribution in [3.8, 4) is 0 Å². The molecule has 1 aromatic heterocycles. The van der Waals surface area contributed by atoms with Gasteiger partial charge in [-0.25, -0.2) is 4.98 Å². The molecule has 0 radical (unpaired) electrons. The maximum atomic E-state index is 12.8. The Morgan fingerprint density at radius 1 is 1.33 bits per heavy atom. The Morgan fingerprint density at radius 2 is 2.08 bits per heavy atom. The summed E-state index contributed by atoms with van der Waals surface area (Å²) in [7, 11) is 0. The maximum absolute atomic E-state index is 12.8. The first kappa shape index (κ1) is 15.7. The van der Waals surface area contributed by atoms with Crippen LogP contribution in [0, 0.1) is 5.92 Å². The molecule has 2 saturated carbocycles. The number of nitrogens with one attached hydrogen (secondary N) is 1. The van der Waals surface area contributed by atoms with Crippen LogP contribution in [0.4, 0.5) is 0 Å². The van der Waals surface area contributed by atoms with Crippen LogP contribution in [0.3, 0.4) is 0 Å². The van der Waals surface area contributed by atoms with Crippen LogP contribution in [0.25, 0.3) is 10.9 Å². The van der Waals surface area contributed by atoms with Crippen LogP contribution in [0.2, 0.25) is 0 Å². The number of fused-ring (bicyclic) bond motifs is 1. The van der Waals surface area contributed by atoms with Crippen LogP contribution in [0.5, 0.6) is 0 Å². The van der Waals surface area contributed by atoms with E-state index in [0.717, 1.165) is 12.8 Å².